The van der Waals surface area contributed by atoms with Gasteiger partial charge in [-0.05, 0) is 68.1 Å². The highest BCUT2D eigenvalue weighted by Crippen LogP contribution is 2.61. The molecule has 0 nitrogen and oxygen atoms in total. The second-order valence-corrected chi connectivity index (χ2v) is 10.4. The molecule has 0 aromatic heterocycles. The molecule has 0 aromatic carbocycles. The van der Waals surface area contributed by atoms with E-state index in [-0.39, 0.29) is 18.2 Å². The topological polar surface area (TPSA) is 0 Å². The van der Waals surface area contributed by atoms with Crippen LogP contribution in [0.25, 0.3) is 0 Å². The van der Waals surface area contributed by atoms with Crippen LogP contribution in [0.1, 0.15) is 57.8 Å². The zero-order chi connectivity index (χ0) is 11.0. The molecule has 0 aliphatic heterocycles. The van der Waals surface area contributed by atoms with Gasteiger partial charge in [0.15, 0.2) is 0 Å². The van der Waals surface area contributed by atoms with Crippen molar-refractivity contribution in [2.75, 3.05) is 0 Å². The summed E-state index contributed by atoms with van der Waals surface area (Å²) in [6.45, 7) is 0. The van der Waals surface area contributed by atoms with Gasteiger partial charge in [-0.25, -0.2) is 0 Å². The van der Waals surface area contributed by atoms with Crippen molar-refractivity contribution in [1.29, 1.82) is 0 Å². The summed E-state index contributed by atoms with van der Waals surface area (Å²) in [5, 5.41) is 0. The van der Waals surface area contributed by atoms with E-state index >= 15 is 0 Å². The molecule has 88 valence electrons. The number of halogens is 1. The number of unbranched alkanes of at least 4 members (excludes halogenated alkanes) is 1. The molecular formula is C14H23BrMg. The number of hydrogen-bond donors (Lipinski definition) is 0. The van der Waals surface area contributed by atoms with Crippen LogP contribution >= 0.6 is 12.9 Å². The van der Waals surface area contributed by atoms with E-state index < -0.39 is 0 Å². The highest BCUT2D eigenvalue weighted by Gasteiger charge is 2.50. The van der Waals surface area contributed by atoms with Crippen LogP contribution in [0.15, 0.2) is 0 Å². The maximum Gasteiger partial charge on any atom is 0.468 e. The molecule has 4 aliphatic carbocycles. The van der Waals surface area contributed by atoms with Gasteiger partial charge in [-0.2, -0.15) is 0 Å². The fraction of sp³-hybridized carbons (Fsp3) is 1.00. The number of hydrogen-bond acceptors (Lipinski definition) is 0. The second kappa shape index (κ2) is 5.09. The van der Waals surface area contributed by atoms with Crippen LogP contribution in [-0.2, 0) is 0 Å². The van der Waals surface area contributed by atoms with Gasteiger partial charge >= 0.3 is 18.2 Å². The summed E-state index contributed by atoms with van der Waals surface area (Å²) in [5.41, 5.74) is 0.850. The smallest absolute Gasteiger partial charge is 0.307 e. The summed E-state index contributed by atoms with van der Waals surface area (Å²) in [6, 6.07) is 0. The van der Waals surface area contributed by atoms with E-state index in [1.807, 2.05) is 0 Å². The van der Waals surface area contributed by atoms with Crippen molar-refractivity contribution >= 4 is 31.1 Å². The van der Waals surface area contributed by atoms with Crippen molar-refractivity contribution < 1.29 is 0 Å². The quantitative estimate of drug-likeness (QED) is 0.504. The second-order valence-electron chi connectivity index (χ2n) is 6.92. The molecule has 4 saturated carbocycles. The first-order chi connectivity index (χ1) is 7.80. The molecule has 0 amide bonds. The Morgan fingerprint density at radius 3 is 2.00 bits per heavy atom. The van der Waals surface area contributed by atoms with Gasteiger partial charge < -0.3 is 12.9 Å². The average Bonchev–Trinajstić information content (AvgIpc) is 2.22. The third kappa shape index (κ3) is 2.49. The summed E-state index contributed by atoms with van der Waals surface area (Å²) in [4.78, 5) is 0. The van der Waals surface area contributed by atoms with Gasteiger partial charge in [0.05, 0.1) is 0 Å². The molecule has 0 N–H and O–H groups in total. The molecule has 2 heteroatoms. The van der Waals surface area contributed by atoms with Crippen LogP contribution in [0, 0.1) is 23.2 Å². The minimum atomic E-state index is 0.154. The first kappa shape index (κ1) is 12.3. The lowest BCUT2D eigenvalue weighted by atomic mass is 9.48. The van der Waals surface area contributed by atoms with E-state index in [4.69, 9.17) is 0 Å². The lowest BCUT2D eigenvalue weighted by molar-refractivity contribution is -0.0581. The van der Waals surface area contributed by atoms with E-state index in [1.54, 1.807) is 44.9 Å². The van der Waals surface area contributed by atoms with Crippen molar-refractivity contribution in [3.63, 3.8) is 0 Å². The molecule has 0 heterocycles. The lowest BCUT2D eigenvalue weighted by Crippen LogP contribution is -2.45. The van der Waals surface area contributed by atoms with Crippen molar-refractivity contribution in [3.8, 4) is 0 Å². The van der Waals surface area contributed by atoms with Crippen molar-refractivity contribution in [1.82, 2.24) is 0 Å². The monoisotopic (exact) mass is 294 g/mol. The standard InChI is InChI=1S/C14H23.BrH.Mg/c1-2-3-4-14-8-11-5-12(9-14)7-13(6-11)10-14;;/h11-13H,1-10H2;1H;/q;;+1/p-1. The summed E-state index contributed by atoms with van der Waals surface area (Å²) in [5.74, 6) is 3.45. The van der Waals surface area contributed by atoms with Crippen molar-refractivity contribution in [2.24, 2.45) is 23.2 Å². The highest BCUT2D eigenvalue weighted by molar-refractivity contribution is 9.23. The van der Waals surface area contributed by atoms with Crippen LogP contribution < -0.4 is 0 Å². The molecule has 0 spiro atoms. The Morgan fingerprint density at radius 1 is 0.938 bits per heavy atom. The van der Waals surface area contributed by atoms with E-state index in [0.717, 1.165) is 23.2 Å². The van der Waals surface area contributed by atoms with E-state index in [1.165, 1.54) is 17.4 Å². The largest absolute Gasteiger partial charge is 0.468 e. The fourth-order valence-electron chi connectivity index (χ4n) is 5.37. The predicted octanol–water partition coefficient (Wildman–Crippen LogP) is 4.81. The Kier molecular flexibility index (Phi) is 3.91. The zero-order valence-electron chi connectivity index (χ0n) is 10.4. The summed E-state index contributed by atoms with van der Waals surface area (Å²) < 4.78 is 1.52. The maximum absolute atomic E-state index is 3.68. The van der Waals surface area contributed by atoms with E-state index in [0.29, 0.717) is 0 Å². The number of rotatable bonds is 5. The predicted molar refractivity (Wildman–Crippen MR) is 73.9 cm³/mol. The molecule has 4 rings (SSSR count). The Morgan fingerprint density at radius 2 is 1.50 bits per heavy atom. The van der Waals surface area contributed by atoms with Gasteiger partial charge in [0.2, 0.25) is 0 Å². The fourth-order valence-corrected chi connectivity index (χ4v) is 7.10. The summed E-state index contributed by atoms with van der Waals surface area (Å²) in [6.07, 6.45) is 14.3. The molecule has 0 unspecified atom stereocenters. The average molecular weight is 296 g/mol. The van der Waals surface area contributed by atoms with Gasteiger partial charge in [0, 0.05) is 0 Å². The van der Waals surface area contributed by atoms with E-state index in [9.17, 15) is 0 Å². The Labute approximate surface area is 116 Å². The normalized spacial score (nSPS) is 44.7. The Bertz CT molecular complexity index is 216. The minimum Gasteiger partial charge on any atom is -0.307 e. The first-order valence-electron chi connectivity index (χ1n) is 7.36. The third-order valence-corrected chi connectivity index (χ3v) is 7.96. The van der Waals surface area contributed by atoms with Gasteiger partial charge in [-0.15, -0.1) is 4.55 Å². The molecule has 0 radical (unpaired) electrons. The van der Waals surface area contributed by atoms with Crippen molar-refractivity contribution in [3.05, 3.63) is 0 Å². The van der Waals surface area contributed by atoms with Crippen LogP contribution in [-0.4, -0.2) is 18.2 Å². The third-order valence-electron chi connectivity index (χ3n) is 5.51. The first-order valence-corrected chi connectivity index (χ1v) is 12.3. The molecule has 4 aliphatic rings. The van der Waals surface area contributed by atoms with Crippen LogP contribution in [0.4, 0.5) is 0 Å². The van der Waals surface area contributed by atoms with Gasteiger partial charge in [0.25, 0.3) is 0 Å². The molecule has 0 atom stereocenters. The highest BCUT2D eigenvalue weighted by atomic mass is 79.9. The summed E-state index contributed by atoms with van der Waals surface area (Å²) >= 11 is 3.84. The zero-order valence-corrected chi connectivity index (χ0v) is 13.4. The van der Waals surface area contributed by atoms with Gasteiger partial charge in [-0.3, -0.25) is 0 Å². The Hall–Kier alpha value is 1.25. The van der Waals surface area contributed by atoms with Gasteiger partial charge in [0.1, 0.15) is 0 Å². The van der Waals surface area contributed by atoms with Crippen molar-refractivity contribution in [2.45, 2.75) is 62.3 Å². The summed E-state index contributed by atoms with van der Waals surface area (Å²) in [7, 11) is 0. The van der Waals surface area contributed by atoms with Crippen LogP contribution in [0.2, 0.25) is 4.55 Å². The van der Waals surface area contributed by atoms with Crippen LogP contribution in [0.3, 0.4) is 0 Å². The Balaban J connectivity index is 1.56. The maximum atomic E-state index is 3.68. The molecule has 4 fully saturated rings. The molecule has 0 aromatic rings. The van der Waals surface area contributed by atoms with Gasteiger partial charge in [-0.1, -0.05) is 12.8 Å². The minimum absolute atomic E-state index is 0.154. The lowest BCUT2D eigenvalue weighted by Gasteiger charge is -2.57. The molecular weight excluding hydrogens is 272 g/mol. The SMILES string of the molecule is [Br][Mg][CH2]CCCC12CC3CC(CC(C3)C1)C2. The molecule has 0 saturated heterocycles. The van der Waals surface area contributed by atoms with E-state index in [2.05, 4.69) is 12.9 Å². The molecule has 4 bridgehead atoms. The van der Waals surface area contributed by atoms with Crippen LogP contribution in [0.5, 0.6) is 0 Å². The molecule has 16 heavy (non-hydrogen) atoms.